The van der Waals surface area contributed by atoms with E-state index in [2.05, 4.69) is 45.3 Å². The number of benzene rings is 2. The Morgan fingerprint density at radius 1 is 0.974 bits per heavy atom. The van der Waals surface area contributed by atoms with E-state index in [-0.39, 0.29) is 11.7 Å². The first-order valence-corrected chi connectivity index (χ1v) is 13.1. The molecule has 0 radical (unpaired) electrons. The van der Waals surface area contributed by atoms with E-state index in [1.54, 1.807) is 23.0 Å². The van der Waals surface area contributed by atoms with Crippen LogP contribution in [0.4, 0.5) is 4.39 Å². The number of rotatable bonds is 6. The van der Waals surface area contributed by atoms with Crippen LogP contribution in [0.25, 0.3) is 11.3 Å². The van der Waals surface area contributed by atoms with Crippen molar-refractivity contribution in [2.75, 3.05) is 26.2 Å². The van der Waals surface area contributed by atoms with Gasteiger partial charge in [-0.2, -0.15) is 5.10 Å². The van der Waals surface area contributed by atoms with Crippen LogP contribution in [0.5, 0.6) is 0 Å². The van der Waals surface area contributed by atoms with Crippen LogP contribution in [0.1, 0.15) is 45.9 Å². The van der Waals surface area contributed by atoms with Crippen molar-refractivity contribution >= 4 is 11.5 Å². The fraction of sp³-hybridized carbons (Fsp3) is 0.258. The van der Waals surface area contributed by atoms with Gasteiger partial charge in [0.25, 0.3) is 5.91 Å². The van der Waals surface area contributed by atoms with Gasteiger partial charge in [-0.25, -0.2) is 9.07 Å². The van der Waals surface area contributed by atoms with Crippen molar-refractivity contribution in [2.24, 2.45) is 0 Å². The van der Waals surface area contributed by atoms with Crippen LogP contribution in [0.3, 0.4) is 0 Å². The average Bonchev–Trinajstić information content (AvgIpc) is 3.63. The molecule has 192 valence electrons. The minimum absolute atomic E-state index is 0.00640. The van der Waals surface area contributed by atoms with Crippen LogP contribution < -0.4 is 0 Å². The highest BCUT2D eigenvalue weighted by Gasteiger charge is 2.32. The first-order chi connectivity index (χ1) is 18.7. The molecule has 0 spiro atoms. The molecule has 0 aliphatic carbocycles. The zero-order valence-corrected chi connectivity index (χ0v) is 21.2. The van der Waals surface area contributed by atoms with Crippen LogP contribution in [-0.2, 0) is 6.54 Å². The lowest BCUT2D eigenvalue weighted by Gasteiger charge is -2.27. The van der Waals surface area contributed by atoms with Crippen molar-refractivity contribution in [1.29, 1.82) is 0 Å². The molecule has 7 heteroatoms. The highest BCUT2D eigenvalue weighted by atomic mass is 19.1. The van der Waals surface area contributed by atoms with Crippen molar-refractivity contribution in [3.05, 3.63) is 120 Å². The number of pyridine rings is 1. The number of carbonyl (C=O) groups is 1. The number of hydrogen-bond acceptors (Lipinski definition) is 4. The number of halogens is 1. The van der Waals surface area contributed by atoms with Gasteiger partial charge in [0.2, 0.25) is 0 Å². The van der Waals surface area contributed by atoms with Gasteiger partial charge in [0.15, 0.2) is 0 Å². The maximum atomic E-state index is 13.9. The molecule has 1 amide bonds. The fourth-order valence-corrected chi connectivity index (χ4v) is 5.52. The second-order valence-electron chi connectivity index (χ2n) is 10.0. The summed E-state index contributed by atoms with van der Waals surface area (Å²) in [6.45, 7) is 3.92. The Balaban J connectivity index is 1.28. The Morgan fingerprint density at radius 2 is 1.76 bits per heavy atom. The van der Waals surface area contributed by atoms with Crippen molar-refractivity contribution < 1.29 is 9.18 Å². The molecule has 4 aromatic rings. The molecule has 1 saturated heterocycles. The van der Waals surface area contributed by atoms with Gasteiger partial charge >= 0.3 is 0 Å². The third-order valence-corrected chi connectivity index (χ3v) is 7.57. The summed E-state index contributed by atoms with van der Waals surface area (Å²) in [6, 6.07) is 20.8. The number of hydrogen-bond donors (Lipinski definition) is 0. The quantitative estimate of drug-likeness (QED) is 0.354. The zero-order valence-electron chi connectivity index (χ0n) is 21.2. The summed E-state index contributed by atoms with van der Waals surface area (Å²) in [5, 5.41) is 4.63. The summed E-state index contributed by atoms with van der Waals surface area (Å²) in [7, 11) is 0. The molecular weight excluding hydrogens is 477 g/mol. The summed E-state index contributed by atoms with van der Waals surface area (Å²) in [6.07, 6.45) is 9.27. The Bertz CT molecular complexity index is 1430. The molecule has 2 aliphatic rings. The van der Waals surface area contributed by atoms with E-state index in [1.807, 2.05) is 35.5 Å². The number of nitrogens with zero attached hydrogens (tertiary/aromatic N) is 5. The number of aromatic nitrogens is 3. The molecule has 6 rings (SSSR count). The topological polar surface area (TPSA) is 54.3 Å². The van der Waals surface area contributed by atoms with Gasteiger partial charge in [-0.05, 0) is 65.9 Å². The number of amides is 1. The van der Waals surface area contributed by atoms with Crippen LogP contribution in [0, 0.1) is 5.82 Å². The van der Waals surface area contributed by atoms with Crippen molar-refractivity contribution in [2.45, 2.75) is 25.3 Å². The fourth-order valence-electron chi connectivity index (χ4n) is 5.52. The lowest BCUT2D eigenvalue weighted by molar-refractivity contribution is 0.0790. The SMILES string of the molecule is O=C(c1cnn(-c2ccc(F)cc2)c1C1=CCN(Cc2ccncc2)CC1)N1CCC(c2ccccc2)C1. The molecular formula is C31H30FN5O. The second kappa shape index (κ2) is 10.7. The molecule has 1 unspecified atom stereocenters. The van der Waals surface area contributed by atoms with Crippen LogP contribution in [0.15, 0.2) is 91.4 Å². The molecule has 1 atom stereocenters. The van der Waals surface area contributed by atoms with Crippen LogP contribution in [-0.4, -0.2) is 56.7 Å². The molecule has 4 heterocycles. The minimum Gasteiger partial charge on any atom is -0.338 e. The van der Waals surface area contributed by atoms with Crippen molar-refractivity contribution in [1.82, 2.24) is 24.6 Å². The predicted octanol–water partition coefficient (Wildman–Crippen LogP) is 5.33. The molecule has 0 N–H and O–H groups in total. The molecule has 0 bridgehead atoms. The molecule has 1 fully saturated rings. The van der Waals surface area contributed by atoms with Crippen LogP contribution >= 0.6 is 0 Å². The molecule has 2 aromatic heterocycles. The highest BCUT2D eigenvalue weighted by Crippen LogP contribution is 2.32. The first kappa shape index (κ1) is 24.2. The van der Waals surface area contributed by atoms with Gasteiger partial charge in [0, 0.05) is 51.0 Å². The van der Waals surface area contributed by atoms with E-state index in [1.165, 1.54) is 23.3 Å². The lowest BCUT2D eigenvalue weighted by Crippen LogP contribution is -2.30. The summed E-state index contributed by atoms with van der Waals surface area (Å²) in [5.41, 5.74) is 5.76. The van der Waals surface area contributed by atoms with Gasteiger partial charge in [-0.15, -0.1) is 0 Å². The Morgan fingerprint density at radius 3 is 2.50 bits per heavy atom. The zero-order chi connectivity index (χ0) is 25.9. The minimum atomic E-state index is -0.300. The highest BCUT2D eigenvalue weighted by molar-refractivity contribution is 5.99. The monoisotopic (exact) mass is 507 g/mol. The standard InChI is InChI=1S/C31H30FN5O/c32-27-6-8-28(9-7-27)37-30(25-12-17-35(18-13-25)21-23-10-15-33-16-11-23)29(20-34-37)31(38)36-19-14-26(22-36)24-4-2-1-3-5-24/h1-12,15-16,20,26H,13-14,17-19,21-22H2. The third kappa shape index (κ3) is 5.02. The van der Waals surface area contributed by atoms with Gasteiger partial charge < -0.3 is 4.90 Å². The molecule has 6 nitrogen and oxygen atoms in total. The van der Waals surface area contributed by atoms with Gasteiger partial charge in [-0.1, -0.05) is 36.4 Å². The van der Waals surface area contributed by atoms with Gasteiger partial charge in [0.1, 0.15) is 5.82 Å². The van der Waals surface area contributed by atoms with E-state index >= 15 is 0 Å². The maximum absolute atomic E-state index is 13.9. The summed E-state index contributed by atoms with van der Waals surface area (Å²) in [4.78, 5) is 22.3. The van der Waals surface area contributed by atoms with E-state index < -0.39 is 0 Å². The first-order valence-electron chi connectivity index (χ1n) is 13.1. The molecule has 2 aromatic carbocycles. The van der Waals surface area contributed by atoms with E-state index in [0.717, 1.165) is 56.0 Å². The Labute approximate surface area is 222 Å². The van der Waals surface area contributed by atoms with E-state index in [0.29, 0.717) is 18.0 Å². The van der Waals surface area contributed by atoms with Crippen molar-refractivity contribution in [3.63, 3.8) is 0 Å². The summed E-state index contributed by atoms with van der Waals surface area (Å²) >= 11 is 0. The Hall–Kier alpha value is -4.10. The summed E-state index contributed by atoms with van der Waals surface area (Å²) < 4.78 is 15.5. The lowest BCUT2D eigenvalue weighted by atomic mass is 9.98. The molecule has 38 heavy (non-hydrogen) atoms. The summed E-state index contributed by atoms with van der Waals surface area (Å²) in [5.74, 6) is 0.0460. The number of carbonyl (C=O) groups excluding carboxylic acids is 1. The predicted molar refractivity (Wildman–Crippen MR) is 145 cm³/mol. The smallest absolute Gasteiger partial charge is 0.257 e. The van der Waals surface area contributed by atoms with Gasteiger partial charge in [0.05, 0.1) is 23.1 Å². The number of likely N-dealkylation sites (tertiary alicyclic amines) is 1. The molecule has 2 aliphatic heterocycles. The maximum Gasteiger partial charge on any atom is 0.257 e. The third-order valence-electron chi connectivity index (χ3n) is 7.57. The van der Waals surface area contributed by atoms with Gasteiger partial charge in [-0.3, -0.25) is 14.7 Å². The average molecular weight is 508 g/mol. The van der Waals surface area contributed by atoms with E-state index in [9.17, 15) is 9.18 Å². The van der Waals surface area contributed by atoms with Crippen LogP contribution in [0.2, 0.25) is 0 Å². The largest absolute Gasteiger partial charge is 0.338 e. The normalized spacial score (nSPS) is 18.0. The second-order valence-corrected chi connectivity index (χ2v) is 10.0. The molecule has 0 saturated carbocycles. The van der Waals surface area contributed by atoms with E-state index in [4.69, 9.17) is 0 Å². The Kier molecular flexibility index (Phi) is 6.84. The van der Waals surface area contributed by atoms with Crippen molar-refractivity contribution in [3.8, 4) is 5.69 Å².